The van der Waals surface area contributed by atoms with E-state index >= 15 is 0 Å². The molecule has 0 amide bonds. The van der Waals surface area contributed by atoms with Gasteiger partial charge in [0.05, 0.1) is 0 Å². The van der Waals surface area contributed by atoms with Crippen LogP contribution in [0.5, 0.6) is 0 Å². The molecule has 0 aromatic heterocycles. The first-order chi connectivity index (χ1) is 8.54. The van der Waals surface area contributed by atoms with E-state index in [-0.39, 0.29) is 11.9 Å². The van der Waals surface area contributed by atoms with Gasteiger partial charge in [0.15, 0.2) is 11.9 Å². The number of rotatable bonds is 4. The van der Waals surface area contributed by atoms with E-state index in [0.717, 1.165) is 25.9 Å². The largest absolute Gasteiger partial charge is 0.394 e. The van der Waals surface area contributed by atoms with Gasteiger partial charge in [-0.15, -0.1) is 0 Å². The molecule has 11 heteroatoms. The Kier molecular flexibility index (Phi) is 17.2. The van der Waals surface area contributed by atoms with E-state index in [1.54, 1.807) is 0 Å². The first-order valence-electron chi connectivity index (χ1n) is 5.35. The Bertz CT molecular complexity index is 318. The van der Waals surface area contributed by atoms with Crippen molar-refractivity contribution < 1.29 is 17.5 Å². The summed E-state index contributed by atoms with van der Waals surface area (Å²) in [5.74, 6) is 0.365. The normalized spacial score (nSPS) is 9.05. The fourth-order valence-corrected chi connectivity index (χ4v) is 0.482. The fourth-order valence-electron chi connectivity index (χ4n) is 0.482. The zero-order chi connectivity index (χ0) is 15.9. The van der Waals surface area contributed by atoms with E-state index in [4.69, 9.17) is 40.5 Å². The van der Waals surface area contributed by atoms with Crippen LogP contribution in [-0.2, 0) is 10.4 Å². The Labute approximate surface area is 113 Å². The van der Waals surface area contributed by atoms with Crippen LogP contribution < -0.4 is 22.9 Å². The van der Waals surface area contributed by atoms with Crippen molar-refractivity contribution in [2.45, 2.75) is 26.7 Å². The minimum absolute atomic E-state index is 0.182. The Morgan fingerprint density at radius 3 is 1.16 bits per heavy atom. The average Bonchev–Trinajstić information content (AvgIpc) is 2.22. The summed E-state index contributed by atoms with van der Waals surface area (Å²) in [7, 11) is -4.67. The molecule has 10 N–H and O–H groups in total. The summed E-state index contributed by atoms with van der Waals surface area (Å²) < 4.78 is 31.6. The molecular formula is C8H24N6O4S. The second-order valence-corrected chi connectivity index (χ2v) is 3.96. The molecule has 0 atom stereocenters. The predicted octanol–water partition coefficient (Wildman–Crippen LogP) is -1.31. The molecule has 0 fully saturated rings. The Balaban J connectivity index is -0.000000206. The molecule has 0 aliphatic heterocycles. The number of nitrogens with two attached hydrogens (primary N) is 4. The third-order valence-corrected chi connectivity index (χ3v) is 1.04. The Morgan fingerprint density at radius 2 is 1.11 bits per heavy atom. The maximum absolute atomic E-state index is 8.74. The van der Waals surface area contributed by atoms with Crippen molar-refractivity contribution in [3.8, 4) is 0 Å². The minimum Gasteiger partial charge on any atom is -0.370 e. The van der Waals surface area contributed by atoms with E-state index in [1.807, 2.05) is 13.8 Å². The quantitative estimate of drug-likeness (QED) is 0.208. The van der Waals surface area contributed by atoms with Gasteiger partial charge in [-0.1, -0.05) is 13.8 Å². The molecule has 0 saturated carbocycles. The topological polar surface area (TPSA) is 203 Å². The highest BCUT2D eigenvalue weighted by atomic mass is 32.3. The van der Waals surface area contributed by atoms with Crippen LogP contribution >= 0.6 is 0 Å². The highest BCUT2D eigenvalue weighted by Gasteiger charge is 1.84. The van der Waals surface area contributed by atoms with Crippen molar-refractivity contribution in [2.24, 2.45) is 32.9 Å². The molecule has 0 aromatic carbocycles. The third-order valence-electron chi connectivity index (χ3n) is 1.04. The van der Waals surface area contributed by atoms with Crippen LogP contribution in [0.25, 0.3) is 0 Å². The molecule has 0 unspecified atom stereocenters. The zero-order valence-corrected chi connectivity index (χ0v) is 12.0. The van der Waals surface area contributed by atoms with Crippen molar-refractivity contribution in [1.29, 1.82) is 0 Å². The minimum atomic E-state index is -4.67. The number of nitrogens with zero attached hydrogens (tertiary/aromatic N) is 2. The van der Waals surface area contributed by atoms with Crippen LogP contribution in [0.2, 0.25) is 0 Å². The Hall–Kier alpha value is -1.59. The Morgan fingerprint density at radius 1 is 0.895 bits per heavy atom. The van der Waals surface area contributed by atoms with Gasteiger partial charge in [0.2, 0.25) is 0 Å². The van der Waals surface area contributed by atoms with Crippen LogP contribution in [0.4, 0.5) is 0 Å². The molecule has 0 aromatic rings. The smallest absolute Gasteiger partial charge is 0.370 e. The standard InChI is InChI=1S/2C4H11N3.H2O4S/c2*1-2-3-7-4(5)6;1-5(2,3)4/h2*2-3H2,1H3,(H4,5,6,7);(H2,1,2,3,4). The number of aliphatic imine (C=N–C) groups is 2. The highest BCUT2D eigenvalue weighted by molar-refractivity contribution is 7.79. The van der Waals surface area contributed by atoms with Crippen LogP contribution in [0.15, 0.2) is 9.98 Å². The molecule has 0 radical (unpaired) electrons. The zero-order valence-electron chi connectivity index (χ0n) is 11.2. The number of guanidine groups is 2. The maximum atomic E-state index is 8.74. The van der Waals surface area contributed by atoms with Crippen molar-refractivity contribution >= 4 is 22.3 Å². The van der Waals surface area contributed by atoms with Crippen LogP contribution in [0.1, 0.15) is 26.7 Å². The maximum Gasteiger partial charge on any atom is 0.394 e. The second kappa shape index (κ2) is 14.5. The van der Waals surface area contributed by atoms with Gasteiger partial charge in [-0.2, -0.15) is 8.42 Å². The van der Waals surface area contributed by atoms with Gasteiger partial charge in [0.1, 0.15) is 0 Å². The van der Waals surface area contributed by atoms with E-state index in [0.29, 0.717) is 0 Å². The van der Waals surface area contributed by atoms with Gasteiger partial charge in [-0.25, -0.2) is 0 Å². The van der Waals surface area contributed by atoms with E-state index < -0.39 is 10.4 Å². The average molecular weight is 300 g/mol. The summed E-state index contributed by atoms with van der Waals surface area (Å²) in [4.78, 5) is 7.43. The van der Waals surface area contributed by atoms with E-state index in [2.05, 4.69) is 9.98 Å². The van der Waals surface area contributed by atoms with Gasteiger partial charge >= 0.3 is 10.4 Å². The monoisotopic (exact) mass is 300 g/mol. The van der Waals surface area contributed by atoms with Gasteiger partial charge in [-0.05, 0) is 12.8 Å². The molecular weight excluding hydrogens is 276 g/mol. The lowest BCUT2D eigenvalue weighted by molar-refractivity contribution is 0.381. The van der Waals surface area contributed by atoms with Gasteiger partial charge in [0, 0.05) is 13.1 Å². The van der Waals surface area contributed by atoms with Crippen molar-refractivity contribution in [2.75, 3.05) is 13.1 Å². The first-order valence-corrected chi connectivity index (χ1v) is 6.74. The molecule has 0 aliphatic rings. The van der Waals surface area contributed by atoms with Crippen molar-refractivity contribution in [3.05, 3.63) is 0 Å². The van der Waals surface area contributed by atoms with Crippen LogP contribution in [0.3, 0.4) is 0 Å². The molecule has 0 saturated heterocycles. The summed E-state index contributed by atoms with van der Waals surface area (Å²) in [6.07, 6.45) is 2.00. The van der Waals surface area contributed by atoms with Crippen molar-refractivity contribution in [1.82, 2.24) is 0 Å². The molecule has 0 bridgehead atoms. The van der Waals surface area contributed by atoms with E-state index in [9.17, 15) is 0 Å². The van der Waals surface area contributed by atoms with Crippen molar-refractivity contribution in [3.63, 3.8) is 0 Å². The fraction of sp³-hybridized carbons (Fsp3) is 0.750. The summed E-state index contributed by atoms with van der Waals surface area (Å²) in [6, 6.07) is 0. The predicted molar refractivity (Wildman–Crippen MR) is 76.1 cm³/mol. The molecule has 0 heterocycles. The lowest BCUT2D eigenvalue weighted by atomic mass is 10.5. The summed E-state index contributed by atoms with van der Waals surface area (Å²) in [5.41, 5.74) is 20.0. The lowest BCUT2D eigenvalue weighted by Crippen LogP contribution is -2.22. The second-order valence-electron chi connectivity index (χ2n) is 3.06. The molecule has 0 spiro atoms. The molecule has 10 nitrogen and oxygen atoms in total. The molecule has 116 valence electrons. The van der Waals surface area contributed by atoms with Crippen LogP contribution in [0, 0.1) is 0 Å². The number of hydrogen-bond acceptors (Lipinski definition) is 4. The number of hydrogen-bond donors (Lipinski definition) is 6. The SMILES string of the molecule is CCCN=C(N)N.CCCN=C(N)N.O=S(=O)(O)O. The molecule has 0 rings (SSSR count). The van der Waals surface area contributed by atoms with E-state index in [1.165, 1.54) is 0 Å². The summed E-state index contributed by atoms with van der Waals surface area (Å²) in [5, 5.41) is 0. The first kappa shape index (κ1) is 22.6. The van der Waals surface area contributed by atoms with Gasteiger partial charge in [0.25, 0.3) is 0 Å². The third kappa shape index (κ3) is 82.9. The van der Waals surface area contributed by atoms with Crippen LogP contribution in [-0.4, -0.2) is 42.5 Å². The van der Waals surface area contributed by atoms with Gasteiger partial charge < -0.3 is 22.9 Å². The summed E-state index contributed by atoms with van der Waals surface area (Å²) >= 11 is 0. The molecule has 0 aliphatic carbocycles. The summed E-state index contributed by atoms with van der Waals surface area (Å²) in [6.45, 7) is 5.52. The highest BCUT2D eigenvalue weighted by Crippen LogP contribution is 1.73. The lowest BCUT2D eigenvalue weighted by Gasteiger charge is -1.86. The molecule has 19 heavy (non-hydrogen) atoms. The van der Waals surface area contributed by atoms with Gasteiger partial charge in [-0.3, -0.25) is 19.1 Å².